The maximum Gasteiger partial charge on any atom is 0.268 e. The van der Waals surface area contributed by atoms with Gasteiger partial charge in [-0.15, -0.1) is 0 Å². The molecule has 1 aliphatic rings. The van der Waals surface area contributed by atoms with Gasteiger partial charge in [-0.2, -0.15) is 5.26 Å². The third-order valence-electron chi connectivity index (χ3n) is 4.05. The third kappa shape index (κ3) is 3.44. The molecule has 1 saturated heterocycles. The summed E-state index contributed by atoms with van der Waals surface area (Å²) in [4.78, 5) is 28.2. The summed E-state index contributed by atoms with van der Waals surface area (Å²) in [6.07, 6.45) is 0.860. The Kier molecular flexibility index (Phi) is 4.64. The summed E-state index contributed by atoms with van der Waals surface area (Å²) in [7, 11) is 0. The van der Waals surface area contributed by atoms with E-state index in [1.807, 2.05) is 12.1 Å². The van der Waals surface area contributed by atoms with Gasteiger partial charge in [0.1, 0.15) is 6.04 Å². The van der Waals surface area contributed by atoms with Gasteiger partial charge >= 0.3 is 0 Å². The minimum atomic E-state index is -3.08. The number of hydrogen-bond acceptors (Lipinski definition) is 3. The number of carbonyl (C=O) groups is 2. The monoisotopic (exact) mass is 458 g/mol. The third-order valence-corrected chi connectivity index (χ3v) is 4.95. The number of carbonyl (C=O) groups excluding carboxylic acids is 2. The molecule has 0 bridgehead atoms. The number of aromatic amines is 1. The van der Waals surface area contributed by atoms with Crippen LogP contribution in [0.5, 0.6) is 0 Å². The summed E-state index contributed by atoms with van der Waals surface area (Å²) in [5.74, 6) is -4.26. The number of alkyl halides is 2. The molecule has 130 valence electrons. The lowest BCUT2D eigenvalue weighted by molar-refractivity contribution is -0.131. The Morgan fingerprint density at radius 2 is 2.24 bits per heavy atom. The molecule has 0 aliphatic carbocycles. The predicted octanol–water partition coefficient (Wildman–Crippen LogP) is 2.26. The number of nitriles is 1. The fraction of sp³-hybridized carbons (Fsp3) is 0.312. The molecule has 25 heavy (non-hydrogen) atoms. The lowest BCUT2D eigenvalue weighted by atomic mass is 10.1. The molecule has 2 heterocycles. The van der Waals surface area contributed by atoms with E-state index in [0.29, 0.717) is 10.9 Å². The van der Waals surface area contributed by atoms with Crippen molar-refractivity contribution in [1.82, 2.24) is 15.2 Å². The zero-order valence-corrected chi connectivity index (χ0v) is 15.0. The minimum Gasteiger partial charge on any atom is -0.360 e. The fourth-order valence-corrected chi connectivity index (χ4v) is 3.51. The Morgan fingerprint density at radius 1 is 1.48 bits per heavy atom. The molecule has 9 heteroatoms. The van der Waals surface area contributed by atoms with Crippen molar-refractivity contribution in [3.05, 3.63) is 33.5 Å². The van der Waals surface area contributed by atoms with Crippen LogP contribution in [0, 0.1) is 14.9 Å². The number of para-hydroxylation sites is 1. The normalized spacial score (nSPS) is 19.0. The molecule has 0 spiro atoms. The van der Waals surface area contributed by atoms with Gasteiger partial charge in [0.2, 0.25) is 5.91 Å². The first-order valence-electron chi connectivity index (χ1n) is 7.43. The number of nitrogens with one attached hydrogen (secondary N) is 2. The first-order valence-corrected chi connectivity index (χ1v) is 8.51. The van der Waals surface area contributed by atoms with E-state index in [4.69, 9.17) is 5.26 Å². The van der Waals surface area contributed by atoms with Gasteiger partial charge in [-0.1, -0.05) is 12.1 Å². The number of rotatable bonds is 3. The minimum absolute atomic E-state index is 0.366. The van der Waals surface area contributed by atoms with Gasteiger partial charge < -0.3 is 15.2 Å². The molecule has 1 aromatic carbocycles. The van der Waals surface area contributed by atoms with E-state index in [1.165, 1.54) is 6.20 Å². The first kappa shape index (κ1) is 17.6. The number of amides is 2. The highest BCUT2D eigenvalue weighted by Crippen LogP contribution is 2.31. The van der Waals surface area contributed by atoms with E-state index >= 15 is 0 Å². The van der Waals surface area contributed by atoms with Gasteiger partial charge in [-0.3, -0.25) is 9.59 Å². The zero-order valence-electron chi connectivity index (χ0n) is 12.9. The summed E-state index contributed by atoms with van der Waals surface area (Å²) in [6.45, 7) is -1.24. The fourth-order valence-electron chi connectivity index (χ4n) is 2.85. The SMILES string of the molecule is N#C[C@@H]1CC(F)(F)CN1C(=O)CNC(=O)c1c[nH]c2c(I)cccc12. The molecule has 2 N–H and O–H groups in total. The van der Waals surface area contributed by atoms with Crippen LogP contribution >= 0.6 is 22.6 Å². The van der Waals surface area contributed by atoms with Crippen molar-refractivity contribution in [2.75, 3.05) is 13.1 Å². The quantitative estimate of drug-likeness (QED) is 0.692. The van der Waals surface area contributed by atoms with Crippen LogP contribution in [-0.4, -0.2) is 46.8 Å². The van der Waals surface area contributed by atoms with E-state index in [9.17, 15) is 18.4 Å². The number of aromatic nitrogens is 1. The second-order valence-corrected chi connectivity index (χ2v) is 6.94. The molecule has 6 nitrogen and oxygen atoms in total. The standard InChI is InChI=1S/C16H13F2IN4O2/c17-16(18)4-9(5-20)23(8-16)13(24)7-22-15(25)11-6-21-14-10(11)2-1-3-12(14)19/h1-3,6,9,21H,4,7-8H2,(H,22,25)/t9-/m0/s1. The number of fused-ring (bicyclic) bond motifs is 1. The number of hydrogen-bond donors (Lipinski definition) is 2. The highest BCUT2D eigenvalue weighted by atomic mass is 127. The van der Waals surface area contributed by atoms with Gasteiger partial charge in [-0.05, 0) is 28.7 Å². The van der Waals surface area contributed by atoms with Crippen LogP contribution in [-0.2, 0) is 4.79 Å². The van der Waals surface area contributed by atoms with E-state index in [2.05, 4.69) is 32.9 Å². The van der Waals surface area contributed by atoms with Gasteiger partial charge in [0.25, 0.3) is 11.8 Å². The summed E-state index contributed by atoms with van der Waals surface area (Å²) in [5, 5.41) is 12.1. The number of halogens is 3. The lowest BCUT2D eigenvalue weighted by Crippen LogP contribution is -2.42. The maximum atomic E-state index is 13.4. The summed E-state index contributed by atoms with van der Waals surface area (Å²) >= 11 is 2.14. The second kappa shape index (κ2) is 6.59. The highest BCUT2D eigenvalue weighted by molar-refractivity contribution is 14.1. The van der Waals surface area contributed by atoms with Gasteiger partial charge in [0.05, 0.1) is 30.2 Å². The molecular formula is C16H13F2IN4O2. The van der Waals surface area contributed by atoms with Crippen LogP contribution < -0.4 is 5.32 Å². The molecule has 2 amide bonds. The average Bonchev–Trinajstić information content (AvgIpc) is 3.13. The smallest absolute Gasteiger partial charge is 0.268 e. The van der Waals surface area contributed by atoms with Crippen LogP contribution in [0.1, 0.15) is 16.8 Å². The van der Waals surface area contributed by atoms with Gasteiger partial charge in [0, 0.05) is 21.6 Å². The topological polar surface area (TPSA) is 89.0 Å². The number of benzene rings is 1. The zero-order chi connectivity index (χ0) is 18.2. The van der Waals surface area contributed by atoms with Crippen molar-refractivity contribution >= 4 is 45.3 Å². The molecule has 1 atom stereocenters. The summed E-state index contributed by atoms with van der Waals surface area (Å²) in [5.41, 5.74) is 1.17. The molecule has 1 aromatic heterocycles. The molecule has 1 aliphatic heterocycles. The van der Waals surface area contributed by atoms with Crippen LogP contribution in [0.2, 0.25) is 0 Å². The Balaban J connectivity index is 1.69. The molecule has 3 rings (SSSR count). The van der Waals surface area contributed by atoms with Crippen molar-refractivity contribution in [3.8, 4) is 6.07 Å². The van der Waals surface area contributed by atoms with Crippen molar-refractivity contribution in [2.24, 2.45) is 0 Å². The van der Waals surface area contributed by atoms with Crippen LogP contribution in [0.15, 0.2) is 24.4 Å². The van der Waals surface area contributed by atoms with E-state index in [1.54, 1.807) is 12.1 Å². The van der Waals surface area contributed by atoms with E-state index in [0.717, 1.165) is 14.0 Å². The van der Waals surface area contributed by atoms with Crippen molar-refractivity contribution in [2.45, 2.75) is 18.4 Å². The van der Waals surface area contributed by atoms with Gasteiger partial charge in [-0.25, -0.2) is 8.78 Å². The molecule has 1 fully saturated rings. The Bertz CT molecular complexity index is 890. The summed E-state index contributed by atoms with van der Waals surface area (Å²) < 4.78 is 27.7. The first-order chi connectivity index (χ1) is 11.8. The van der Waals surface area contributed by atoms with Gasteiger partial charge in [0.15, 0.2) is 0 Å². The Hall–Kier alpha value is -2.22. The number of likely N-dealkylation sites (tertiary alicyclic amines) is 1. The van der Waals surface area contributed by atoms with Crippen molar-refractivity contribution < 1.29 is 18.4 Å². The number of nitrogens with zero attached hydrogens (tertiary/aromatic N) is 2. The highest BCUT2D eigenvalue weighted by Gasteiger charge is 2.47. The lowest BCUT2D eigenvalue weighted by Gasteiger charge is -2.19. The van der Waals surface area contributed by atoms with E-state index in [-0.39, 0.29) is 0 Å². The molecule has 0 radical (unpaired) electrons. The summed E-state index contributed by atoms with van der Waals surface area (Å²) in [6, 6.07) is 6.00. The maximum absolute atomic E-state index is 13.4. The predicted molar refractivity (Wildman–Crippen MR) is 94.0 cm³/mol. The molecule has 0 unspecified atom stereocenters. The second-order valence-electron chi connectivity index (χ2n) is 5.77. The van der Waals surface area contributed by atoms with Crippen LogP contribution in [0.4, 0.5) is 8.78 Å². The van der Waals surface area contributed by atoms with Crippen LogP contribution in [0.3, 0.4) is 0 Å². The van der Waals surface area contributed by atoms with Crippen molar-refractivity contribution in [3.63, 3.8) is 0 Å². The van der Waals surface area contributed by atoms with Crippen LogP contribution in [0.25, 0.3) is 10.9 Å². The number of H-pyrrole nitrogens is 1. The Morgan fingerprint density at radius 3 is 2.96 bits per heavy atom. The van der Waals surface area contributed by atoms with Crippen molar-refractivity contribution in [1.29, 1.82) is 5.26 Å². The molecule has 0 saturated carbocycles. The average molecular weight is 458 g/mol. The molecular weight excluding hydrogens is 445 g/mol. The largest absolute Gasteiger partial charge is 0.360 e. The van der Waals surface area contributed by atoms with E-state index < -0.39 is 43.3 Å². The molecule has 2 aromatic rings. The Labute approximate surface area is 155 Å².